The van der Waals surface area contributed by atoms with Crippen LogP contribution in [-0.4, -0.2) is 22.1 Å². The lowest BCUT2D eigenvalue weighted by Gasteiger charge is -2.19. The highest BCUT2D eigenvalue weighted by Crippen LogP contribution is 2.26. The van der Waals surface area contributed by atoms with Gasteiger partial charge in [0.15, 0.2) is 0 Å². The number of esters is 1. The largest absolute Gasteiger partial charge is 0.463 e. The number of hydrogen-bond donors (Lipinski definition) is 0. The van der Waals surface area contributed by atoms with Crippen LogP contribution in [0.25, 0.3) is 6.08 Å². The van der Waals surface area contributed by atoms with Crippen molar-refractivity contribution in [3.63, 3.8) is 0 Å². The molecule has 0 N–H and O–H groups in total. The van der Waals surface area contributed by atoms with Crippen molar-refractivity contribution in [2.24, 2.45) is 0 Å². The van der Waals surface area contributed by atoms with E-state index in [4.69, 9.17) is 4.74 Å². The maximum absolute atomic E-state index is 11.4. The predicted molar refractivity (Wildman–Crippen MR) is 98.0 cm³/mol. The molecule has 0 radical (unpaired) electrons. The summed E-state index contributed by atoms with van der Waals surface area (Å²) in [5.74, 6) is -0.327. The maximum atomic E-state index is 11.4. The Morgan fingerprint density at radius 3 is 2.48 bits per heavy atom. The van der Waals surface area contributed by atoms with E-state index in [1.807, 2.05) is 42.9 Å². The molecule has 3 rings (SSSR count). The van der Waals surface area contributed by atoms with Crippen LogP contribution in [0, 0.1) is 0 Å². The van der Waals surface area contributed by atoms with E-state index in [-0.39, 0.29) is 12.0 Å². The third-order valence-corrected chi connectivity index (χ3v) is 3.89. The first kappa shape index (κ1) is 16.7. The fourth-order valence-corrected chi connectivity index (χ4v) is 2.74. The molecule has 0 saturated carbocycles. The number of ether oxygens (including phenoxy) is 1. The quantitative estimate of drug-likeness (QED) is 0.504. The van der Waals surface area contributed by atoms with Crippen molar-refractivity contribution < 1.29 is 9.53 Å². The molecule has 3 aromatic rings. The zero-order valence-electron chi connectivity index (χ0n) is 14.1. The van der Waals surface area contributed by atoms with Crippen LogP contribution in [0.15, 0.2) is 79.4 Å². The molecular formula is C21H20N2O2. The van der Waals surface area contributed by atoms with E-state index in [1.165, 1.54) is 11.6 Å². The summed E-state index contributed by atoms with van der Waals surface area (Å²) in [4.78, 5) is 15.6. The van der Waals surface area contributed by atoms with Crippen LogP contribution in [-0.2, 0) is 9.53 Å². The molecule has 0 amide bonds. The molecule has 0 fully saturated rings. The van der Waals surface area contributed by atoms with Crippen molar-refractivity contribution in [1.29, 1.82) is 0 Å². The van der Waals surface area contributed by atoms with E-state index >= 15 is 0 Å². The van der Waals surface area contributed by atoms with Crippen LogP contribution < -0.4 is 0 Å². The van der Waals surface area contributed by atoms with Gasteiger partial charge in [0.1, 0.15) is 0 Å². The lowest BCUT2D eigenvalue weighted by molar-refractivity contribution is -0.137. The molecule has 0 aliphatic rings. The Morgan fingerprint density at radius 2 is 1.84 bits per heavy atom. The maximum Gasteiger partial charge on any atom is 0.330 e. The van der Waals surface area contributed by atoms with Gasteiger partial charge in [0, 0.05) is 18.5 Å². The van der Waals surface area contributed by atoms with Gasteiger partial charge in [-0.2, -0.15) is 0 Å². The summed E-state index contributed by atoms with van der Waals surface area (Å²) in [6.45, 7) is 2.17. The Balaban J connectivity index is 1.86. The van der Waals surface area contributed by atoms with Crippen LogP contribution >= 0.6 is 0 Å². The molecule has 2 aromatic carbocycles. The zero-order chi connectivity index (χ0) is 17.5. The van der Waals surface area contributed by atoms with E-state index in [1.54, 1.807) is 19.2 Å². The van der Waals surface area contributed by atoms with Gasteiger partial charge in [0.25, 0.3) is 0 Å². The molecule has 4 heteroatoms. The fraction of sp³-hybridized carbons (Fsp3) is 0.143. The molecule has 126 valence electrons. The average Bonchev–Trinajstić information content (AvgIpc) is 3.17. The third-order valence-electron chi connectivity index (χ3n) is 3.89. The zero-order valence-corrected chi connectivity index (χ0v) is 14.1. The van der Waals surface area contributed by atoms with Crippen LogP contribution in [0.5, 0.6) is 0 Å². The Hall–Kier alpha value is -3.14. The molecule has 25 heavy (non-hydrogen) atoms. The van der Waals surface area contributed by atoms with Crippen LogP contribution in [0.1, 0.15) is 29.7 Å². The number of benzene rings is 2. The molecule has 1 atom stereocenters. The summed E-state index contributed by atoms with van der Waals surface area (Å²) < 4.78 is 6.98. The molecule has 0 saturated heterocycles. The smallest absolute Gasteiger partial charge is 0.330 e. The predicted octanol–water partition coefficient (Wildman–Crippen LogP) is 4.10. The second-order valence-corrected chi connectivity index (χ2v) is 5.58. The normalized spacial score (nSPS) is 12.2. The first-order valence-corrected chi connectivity index (χ1v) is 8.25. The number of carbonyl (C=O) groups is 1. The van der Waals surface area contributed by atoms with Crippen molar-refractivity contribution in [3.05, 3.63) is 96.1 Å². The summed E-state index contributed by atoms with van der Waals surface area (Å²) in [6.07, 6.45) is 8.78. The number of rotatable bonds is 6. The van der Waals surface area contributed by atoms with Gasteiger partial charge in [0.2, 0.25) is 0 Å². The first-order chi connectivity index (χ1) is 12.3. The Morgan fingerprint density at radius 1 is 1.12 bits per heavy atom. The van der Waals surface area contributed by atoms with Crippen molar-refractivity contribution in [2.75, 3.05) is 6.61 Å². The van der Waals surface area contributed by atoms with E-state index in [0.29, 0.717) is 6.61 Å². The van der Waals surface area contributed by atoms with Gasteiger partial charge >= 0.3 is 5.97 Å². The summed E-state index contributed by atoms with van der Waals surface area (Å²) in [5, 5.41) is 0. The minimum absolute atomic E-state index is 0.0618. The summed E-state index contributed by atoms with van der Waals surface area (Å²) in [7, 11) is 0. The number of aromatic nitrogens is 2. The Labute approximate surface area is 147 Å². The Kier molecular flexibility index (Phi) is 5.42. The van der Waals surface area contributed by atoms with Crippen molar-refractivity contribution in [2.45, 2.75) is 13.0 Å². The van der Waals surface area contributed by atoms with Crippen molar-refractivity contribution in [1.82, 2.24) is 9.55 Å². The molecule has 1 heterocycles. The third kappa shape index (κ3) is 4.23. The van der Waals surface area contributed by atoms with Crippen LogP contribution in [0.3, 0.4) is 0 Å². The summed E-state index contributed by atoms with van der Waals surface area (Å²) in [5.41, 5.74) is 3.29. The van der Waals surface area contributed by atoms with Gasteiger partial charge in [-0.15, -0.1) is 0 Å². The second-order valence-electron chi connectivity index (χ2n) is 5.58. The van der Waals surface area contributed by atoms with Crippen LogP contribution in [0.4, 0.5) is 0 Å². The number of hydrogen-bond acceptors (Lipinski definition) is 3. The van der Waals surface area contributed by atoms with Gasteiger partial charge < -0.3 is 9.30 Å². The number of imidazole rings is 1. The van der Waals surface area contributed by atoms with Gasteiger partial charge in [-0.05, 0) is 29.7 Å². The molecule has 4 nitrogen and oxygen atoms in total. The fourth-order valence-electron chi connectivity index (χ4n) is 2.74. The lowest BCUT2D eigenvalue weighted by Crippen LogP contribution is -2.10. The van der Waals surface area contributed by atoms with Crippen molar-refractivity contribution >= 4 is 12.0 Å². The lowest BCUT2D eigenvalue weighted by atomic mass is 9.97. The first-order valence-electron chi connectivity index (χ1n) is 8.25. The standard InChI is InChI=1S/C21H20N2O2/c1-2-25-20(24)13-10-17-8-11-19(12-9-17)21(23-15-14-22-16-23)18-6-4-3-5-7-18/h3-16,21H,2H2,1H3/b13-10+. The topological polar surface area (TPSA) is 44.1 Å². The number of carbonyl (C=O) groups excluding carboxylic acids is 1. The van der Waals surface area contributed by atoms with Gasteiger partial charge in [-0.1, -0.05) is 54.6 Å². The SMILES string of the molecule is CCOC(=O)/C=C/c1ccc(C(c2ccccc2)n2ccnc2)cc1. The molecular weight excluding hydrogens is 312 g/mol. The molecule has 0 bridgehead atoms. The van der Waals surface area contributed by atoms with Crippen LogP contribution in [0.2, 0.25) is 0 Å². The monoisotopic (exact) mass is 332 g/mol. The van der Waals surface area contributed by atoms with E-state index < -0.39 is 0 Å². The average molecular weight is 332 g/mol. The minimum Gasteiger partial charge on any atom is -0.463 e. The van der Waals surface area contributed by atoms with Crippen molar-refractivity contribution in [3.8, 4) is 0 Å². The molecule has 1 aromatic heterocycles. The molecule has 0 aliphatic carbocycles. The highest BCUT2D eigenvalue weighted by atomic mass is 16.5. The van der Waals surface area contributed by atoms with Gasteiger partial charge in [-0.25, -0.2) is 9.78 Å². The van der Waals surface area contributed by atoms with Gasteiger partial charge in [-0.3, -0.25) is 0 Å². The molecule has 1 unspecified atom stereocenters. The highest BCUT2D eigenvalue weighted by molar-refractivity contribution is 5.87. The van der Waals surface area contributed by atoms with E-state index in [0.717, 1.165) is 11.1 Å². The number of nitrogens with zero attached hydrogens (tertiary/aromatic N) is 2. The Bertz CT molecular complexity index is 822. The van der Waals surface area contributed by atoms with E-state index in [2.05, 4.69) is 33.8 Å². The highest BCUT2D eigenvalue weighted by Gasteiger charge is 2.15. The van der Waals surface area contributed by atoms with Gasteiger partial charge in [0.05, 0.1) is 19.0 Å². The summed E-state index contributed by atoms with van der Waals surface area (Å²) in [6, 6.07) is 18.5. The molecule has 0 aliphatic heterocycles. The second kappa shape index (κ2) is 8.11. The van der Waals surface area contributed by atoms with E-state index in [9.17, 15) is 4.79 Å². The minimum atomic E-state index is -0.327. The molecule has 0 spiro atoms. The summed E-state index contributed by atoms with van der Waals surface area (Å²) >= 11 is 0.